The third-order valence-corrected chi connectivity index (χ3v) is 4.91. The first-order chi connectivity index (χ1) is 8.06. The smallest absolute Gasteiger partial charge is 0.333 e. The molecule has 4 aliphatic carbocycles. The van der Waals surface area contributed by atoms with Crippen LogP contribution in [0.3, 0.4) is 0 Å². The third-order valence-electron chi connectivity index (χ3n) is 4.91. The Morgan fingerprint density at radius 1 is 1.12 bits per heavy atom. The summed E-state index contributed by atoms with van der Waals surface area (Å²) in [5, 5.41) is 10.1. The summed E-state index contributed by atoms with van der Waals surface area (Å²) >= 11 is 0. The molecular weight excluding hydrogens is 216 g/mol. The van der Waals surface area contributed by atoms with Crippen LogP contribution in [0.1, 0.15) is 32.6 Å². The summed E-state index contributed by atoms with van der Waals surface area (Å²) in [5.41, 5.74) is 0.485. The average Bonchev–Trinajstić information content (AvgIpc) is 2.26. The summed E-state index contributed by atoms with van der Waals surface area (Å²) in [6.07, 6.45) is 4.11. The van der Waals surface area contributed by atoms with Crippen LogP contribution < -0.4 is 0 Å². The van der Waals surface area contributed by atoms with Gasteiger partial charge in [0, 0.05) is 5.57 Å². The Labute approximate surface area is 102 Å². The van der Waals surface area contributed by atoms with E-state index in [9.17, 15) is 9.90 Å². The number of ether oxygens (including phenoxy) is 1. The monoisotopic (exact) mass is 236 g/mol. The first-order valence-corrected chi connectivity index (χ1v) is 6.61. The lowest BCUT2D eigenvalue weighted by Crippen LogP contribution is -2.55. The van der Waals surface area contributed by atoms with E-state index < -0.39 is 0 Å². The summed E-state index contributed by atoms with van der Waals surface area (Å²) in [5.74, 6) is 1.62. The molecule has 4 bridgehead atoms. The van der Waals surface area contributed by atoms with Crippen molar-refractivity contribution in [1.29, 1.82) is 0 Å². The number of aliphatic hydroxyl groups excluding tert-OH is 1. The van der Waals surface area contributed by atoms with E-state index in [-0.39, 0.29) is 18.2 Å². The van der Waals surface area contributed by atoms with Gasteiger partial charge in [0.25, 0.3) is 0 Å². The van der Waals surface area contributed by atoms with Crippen LogP contribution in [0.4, 0.5) is 0 Å². The van der Waals surface area contributed by atoms with E-state index in [1.807, 2.05) is 0 Å². The molecule has 4 fully saturated rings. The highest BCUT2D eigenvalue weighted by Crippen LogP contribution is 2.54. The van der Waals surface area contributed by atoms with Crippen molar-refractivity contribution in [3.63, 3.8) is 0 Å². The van der Waals surface area contributed by atoms with Crippen molar-refractivity contribution in [2.75, 3.05) is 0 Å². The van der Waals surface area contributed by atoms with Gasteiger partial charge in [-0.25, -0.2) is 4.79 Å². The van der Waals surface area contributed by atoms with E-state index >= 15 is 0 Å². The maximum Gasteiger partial charge on any atom is 0.333 e. The second-order valence-corrected chi connectivity index (χ2v) is 6.12. The molecule has 94 valence electrons. The molecule has 1 N–H and O–H groups in total. The second kappa shape index (κ2) is 3.84. The maximum atomic E-state index is 11.6. The summed E-state index contributed by atoms with van der Waals surface area (Å²) in [6, 6.07) is 0. The van der Waals surface area contributed by atoms with Gasteiger partial charge in [-0.3, -0.25) is 0 Å². The zero-order chi connectivity index (χ0) is 12.2. The summed E-state index contributed by atoms with van der Waals surface area (Å²) in [4.78, 5) is 11.6. The Kier molecular flexibility index (Phi) is 2.54. The first-order valence-electron chi connectivity index (χ1n) is 6.61. The number of hydrogen-bond acceptors (Lipinski definition) is 3. The van der Waals surface area contributed by atoms with Gasteiger partial charge in [-0.1, -0.05) is 6.58 Å². The first kappa shape index (κ1) is 11.3. The molecule has 0 aromatic rings. The minimum absolute atomic E-state index is 0.0826. The van der Waals surface area contributed by atoms with Gasteiger partial charge in [-0.05, 0) is 56.3 Å². The fraction of sp³-hybridized carbons (Fsp3) is 0.786. The largest absolute Gasteiger partial charge is 0.458 e. The van der Waals surface area contributed by atoms with Gasteiger partial charge in [0.2, 0.25) is 0 Å². The Morgan fingerprint density at radius 3 is 2.00 bits per heavy atom. The van der Waals surface area contributed by atoms with Gasteiger partial charge in [-0.2, -0.15) is 0 Å². The van der Waals surface area contributed by atoms with Crippen LogP contribution in [0.5, 0.6) is 0 Å². The van der Waals surface area contributed by atoms with E-state index in [0.29, 0.717) is 29.2 Å². The van der Waals surface area contributed by atoms with Crippen LogP contribution in [0.2, 0.25) is 0 Å². The van der Waals surface area contributed by atoms with Gasteiger partial charge < -0.3 is 9.84 Å². The molecule has 3 nitrogen and oxygen atoms in total. The van der Waals surface area contributed by atoms with Crippen LogP contribution in [0.25, 0.3) is 0 Å². The van der Waals surface area contributed by atoms with Gasteiger partial charge >= 0.3 is 5.97 Å². The molecule has 0 unspecified atom stereocenters. The molecule has 0 aromatic carbocycles. The molecule has 0 spiro atoms. The van der Waals surface area contributed by atoms with Gasteiger partial charge in [-0.15, -0.1) is 0 Å². The molecule has 0 amide bonds. The van der Waals surface area contributed by atoms with Crippen molar-refractivity contribution in [3.05, 3.63) is 12.2 Å². The van der Waals surface area contributed by atoms with Crippen LogP contribution in [0.15, 0.2) is 12.2 Å². The maximum absolute atomic E-state index is 11.6. The minimum Gasteiger partial charge on any atom is -0.458 e. The number of carbonyl (C=O) groups excluding carboxylic acids is 1. The average molecular weight is 236 g/mol. The highest BCUT2D eigenvalue weighted by Gasteiger charge is 2.53. The van der Waals surface area contributed by atoms with E-state index in [1.54, 1.807) is 6.92 Å². The fourth-order valence-corrected chi connectivity index (χ4v) is 4.22. The predicted molar refractivity (Wildman–Crippen MR) is 63.1 cm³/mol. The molecule has 0 saturated heterocycles. The lowest BCUT2D eigenvalue weighted by atomic mass is 9.53. The normalized spacial score (nSPS) is 46.9. The van der Waals surface area contributed by atoms with Crippen LogP contribution in [0, 0.1) is 23.7 Å². The number of esters is 1. The van der Waals surface area contributed by atoms with Crippen molar-refractivity contribution < 1.29 is 14.6 Å². The summed E-state index contributed by atoms with van der Waals surface area (Å²) in [7, 11) is 0. The molecule has 0 heterocycles. The lowest BCUT2D eigenvalue weighted by Gasteiger charge is -2.55. The number of hydrogen-bond donors (Lipinski definition) is 1. The SMILES string of the molecule is C=C(C)C(=O)OC1C2CC3CC1CC(C2)C3O. The van der Waals surface area contributed by atoms with E-state index in [2.05, 4.69) is 6.58 Å². The molecule has 0 atom stereocenters. The zero-order valence-corrected chi connectivity index (χ0v) is 10.3. The van der Waals surface area contributed by atoms with E-state index in [4.69, 9.17) is 4.74 Å². The molecular formula is C14H20O3. The number of carbonyl (C=O) groups is 1. The fourth-order valence-electron chi connectivity index (χ4n) is 4.22. The highest BCUT2D eigenvalue weighted by molar-refractivity contribution is 5.87. The Bertz CT molecular complexity index is 330. The van der Waals surface area contributed by atoms with Gasteiger partial charge in [0.05, 0.1) is 6.10 Å². The van der Waals surface area contributed by atoms with Crippen molar-refractivity contribution in [1.82, 2.24) is 0 Å². The highest BCUT2D eigenvalue weighted by atomic mass is 16.5. The van der Waals surface area contributed by atoms with E-state index in [1.165, 1.54) is 0 Å². The Hall–Kier alpha value is -0.830. The zero-order valence-electron chi connectivity index (χ0n) is 10.3. The molecule has 0 aromatic heterocycles. The van der Waals surface area contributed by atoms with Crippen LogP contribution in [-0.2, 0) is 9.53 Å². The van der Waals surface area contributed by atoms with Crippen molar-refractivity contribution in [2.24, 2.45) is 23.7 Å². The van der Waals surface area contributed by atoms with Crippen molar-refractivity contribution >= 4 is 5.97 Å². The Balaban J connectivity index is 1.73. The number of aliphatic hydroxyl groups is 1. The Morgan fingerprint density at radius 2 is 1.59 bits per heavy atom. The third kappa shape index (κ3) is 1.71. The molecule has 0 aliphatic heterocycles. The summed E-state index contributed by atoms with van der Waals surface area (Å²) < 4.78 is 5.60. The van der Waals surface area contributed by atoms with E-state index in [0.717, 1.165) is 25.7 Å². The lowest BCUT2D eigenvalue weighted by molar-refractivity contribution is -0.181. The standard InChI is InChI=1S/C14H20O3/c1-7(2)14(16)17-13-10-3-8-4-11(13)6-9(5-10)12(8)15/h8-13,15H,1,3-6H2,2H3. The quantitative estimate of drug-likeness (QED) is 0.588. The predicted octanol–water partition coefficient (Wildman–Crippen LogP) is 1.90. The molecule has 4 saturated carbocycles. The van der Waals surface area contributed by atoms with Crippen LogP contribution >= 0.6 is 0 Å². The van der Waals surface area contributed by atoms with Crippen molar-refractivity contribution in [2.45, 2.75) is 44.8 Å². The molecule has 3 heteroatoms. The second-order valence-electron chi connectivity index (χ2n) is 6.12. The molecule has 4 rings (SSSR count). The topological polar surface area (TPSA) is 46.5 Å². The van der Waals surface area contributed by atoms with Crippen LogP contribution in [-0.4, -0.2) is 23.3 Å². The molecule has 0 radical (unpaired) electrons. The van der Waals surface area contributed by atoms with Crippen molar-refractivity contribution in [3.8, 4) is 0 Å². The van der Waals surface area contributed by atoms with Gasteiger partial charge in [0.1, 0.15) is 6.10 Å². The molecule has 17 heavy (non-hydrogen) atoms. The molecule has 4 aliphatic rings. The number of rotatable bonds is 2. The minimum atomic E-state index is -0.247. The summed E-state index contributed by atoms with van der Waals surface area (Å²) in [6.45, 7) is 5.33. The van der Waals surface area contributed by atoms with Gasteiger partial charge in [0.15, 0.2) is 0 Å².